The summed E-state index contributed by atoms with van der Waals surface area (Å²) in [7, 11) is 0. The molecular formula is C12H6F4N2O2. The van der Waals surface area contributed by atoms with E-state index in [1.165, 1.54) is 0 Å². The number of nitrogens with zero attached hydrogens (tertiary/aromatic N) is 1. The monoisotopic (exact) mass is 286 g/mol. The van der Waals surface area contributed by atoms with Crippen LogP contribution in [0, 0.1) is 33.4 Å². The first kappa shape index (κ1) is 13.8. The van der Waals surface area contributed by atoms with E-state index in [1.54, 1.807) is 0 Å². The minimum absolute atomic E-state index is 0.320. The molecule has 0 saturated carbocycles. The van der Waals surface area contributed by atoms with E-state index in [0.717, 1.165) is 18.2 Å². The van der Waals surface area contributed by atoms with E-state index in [-0.39, 0.29) is 0 Å². The number of nitrogens with one attached hydrogen (secondary N) is 1. The molecule has 2 aromatic rings. The highest BCUT2D eigenvalue weighted by molar-refractivity contribution is 5.70. The first-order valence-electron chi connectivity index (χ1n) is 5.24. The van der Waals surface area contributed by atoms with Gasteiger partial charge in [-0.15, -0.1) is 0 Å². The molecule has 0 radical (unpaired) electrons. The van der Waals surface area contributed by atoms with Gasteiger partial charge in [-0.1, -0.05) is 6.07 Å². The molecule has 104 valence electrons. The smallest absolute Gasteiger partial charge is 0.327 e. The van der Waals surface area contributed by atoms with E-state index >= 15 is 0 Å². The van der Waals surface area contributed by atoms with Gasteiger partial charge in [-0.05, 0) is 12.1 Å². The quantitative estimate of drug-likeness (QED) is 0.403. The molecule has 0 amide bonds. The van der Waals surface area contributed by atoms with Crippen LogP contribution in [0.15, 0.2) is 30.3 Å². The number of para-hydroxylation sites is 1. The average molecular weight is 286 g/mol. The molecule has 0 saturated heterocycles. The van der Waals surface area contributed by atoms with Gasteiger partial charge in [0.25, 0.3) is 0 Å². The van der Waals surface area contributed by atoms with Crippen molar-refractivity contribution in [3.8, 4) is 0 Å². The Bertz CT molecular complexity index is 691. The van der Waals surface area contributed by atoms with Crippen LogP contribution >= 0.6 is 0 Å². The first-order chi connectivity index (χ1) is 9.40. The second kappa shape index (κ2) is 5.16. The van der Waals surface area contributed by atoms with Crippen LogP contribution in [0.1, 0.15) is 0 Å². The van der Waals surface area contributed by atoms with Crippen LogP contribution in [-0.2, 0) is 0 Å². The minimum atomic E-state index is -1.47. The van der Waals surface area contributed by atoms with E-state index in [0.29, 0.717) is 12.1 Å². The van der Waals surface area contributed by atoms with Crippen molar-refractivity contribution < 1.29 is 22.5 Å². The van der Waals surface area contributed by atoms with Crippen molar-refractivity contribution in [2.45, 2.75) is 0 Å². The van der Waals surface area contributed by atoms with E-state index in [2.05, 4.69) is 5.32 Å². The van der Waals surface area contributed by atoms with E-state index in [4.69, 9.17) is 0 Å². The molecule has 2 aromatic carbocycles. The lowest BCUT2D eigenvalue weighted by molar-refractivity contribution is -0.386. The number of nitro groups is 1. The number of anilines is 2. The van der Waals surface area contributed by atoms with Crippen LogP contribution in [-0.4, -0.2) is 4.92 Å². The highest BCUT2D eigenvalue weighted by atomic mass is 19.2. The Morgan fingerprint density at radius 2 is 1.70 bits per heavy atom. The molecule has 2 rings (SSSR count). The van der Waals surface area contributed by atoms with Crippen LogP contribution in [0.25, 0.3) is 0 Å². The largest absolute Gasteiger partial charge is 0.347 e. The molecule has 20 heavy (non-hydrogen) atoms. The molecule has 0 fully saturated rings. The van der Waals surface area contributed by atoms with Gasteiger partial charge in [-0.2, -0.15) is 4.39 Å². The zero-order valence-electron chi connectivity index (χ0n) is 9.66. The Balaban J connectivity index is 2.51. The van der Waals surface area contributed by atoms with Crippen molar-refractivity contribution in [1.82, 2.24) is 0 Å². The van der Waals surface area contributed by atoms with Crippen molar-refractivity contribution >= 4 is 17.1 Å². The Kier molecular flexibility index (Phi) is 3.55. The number of rotatable bonds is 3. The van der Waals surface area contributed by atoms with Gasteiger partial charge in [0.15, 0.2) is 11.6 Å². The summed E-state index contributed by atoms with van der Waals surface area (Å²) < 4.78 is 52.8. The molecule has 0 aromatic heterocycles. The fourth-order valence-electron chi connectivity index (χ4n) is 1.59. The van der Waals surface area contributed by atoms with Crippen molar-refractivity contribution in [2.75, 3.05) is 5.32 Å². The lowest BCUT2D eigenvalue weighted by atomic mass is 10.2. The molecule has 0 atom stereocenters. The molecule has 0 bridgehead atoms. The third-order valence-corrected chi connectivity index (χ3v) is 2.43. The van der Waals surface area contributed by atoms with Gasteiger partial charge >= 0.3 is 5.69 Å². The number of hydrogen-bond acceptors (Lipinski definition) is 3. The summed E-state index contributed by atoms with van der Waals surface area (Å²) in [5, 5.41) is 12.8. The maximum absolute atomic E-state index is 13.4. The van der Waals surface area contributed by atoms with E-state index in [1.807, 2.05) is 0 Å². The fourth-order valence-corrected chi connectivity index (χ4v) is 1.59. The second-order valence-electron chi connectivity index (χ2n) is 3.77. The number of nitro benzene ring substituents is 1. The SMILES string of the molecule is O=[N+]([O-])c1c(F)cccc1Nc1cc(F)cc(F)c1F. The molecule has 1 N–H and O–H groups in total. The van der Waals surface area contributed by atoms with Crippen LogP contribution in [0.3, 0.4) is 0 Å². The Hall–Kier alpha value is -2.64. The predicted octanol–water partition coefficient (Wildman–Crippen LogP) is 3.89. The van der Waals surface area contributed by atoms with E-state index in [9.17, 15) is 27.7 Å². The first-order valence-corrected chi connectivity index (χ1v) is 5.24. The van der Waals surface area contributed by atoms with E-state index < -0.39 is 45.3 Å². The summed E-state index contributed by atoms with van der Waals surface area (Å²) >= 11 is 0. The van der Waals surface area contributed by atoms with Gasteiger partial charge in [-0.25, -0.2) is 13.2 Å². The zero-order chi connectivity index (χ0) is 14.9. The normalized spacial score (nSPS) is 10.4. The minimum Gasteiger partial charge on any atom is -0.347 e. The molecule has 0 heterocycles. The third kappa shape index (κ3) is 2.53. The molecule has 4 nitrogen and oxygen atoms in total. The van der Waals surface area contributed by atoms with Crippen LogP contribution in [0.2, 0.25) is 0 Å². The fraction of sp³-hybridized carbons (Fsp3) is 0. The number of benzene rings is 2. The summed E-state index contributed by atoms with van der Waals surface area (Å²) in [6.45, 7) is 0. The highest BCUT2D eigenvalue weighted by Gasteiger charge is 2.21. The topological polar surface area (TPSA) is 55.2 Å². The molecule has 8 heteroatoms. The molecular weight excluding hydrogens is 280 g/mol. The van der Waals surface area contributed by atoms with Crippen LogP contribution in [0.5, 0.6) is 0 Å². The Morgan fingerprint density at radius 1 is 1.00 bits per heavy atom. The standard InChI is InChI=1S/C12H6F4N2O2/c13-6-4-8(15)11(16)10(5-6)17-9-3-1-2-7(14)12(9)18(19)20/h1-5,17H. The van der Waals surface area contributed by atoms with Crippen LogP contribution < -0.4 is 5.32 Å². The molecule has 0 unspecified atom stereocenters. The van der Waals surface area contributed by atoms with Crippen LogP contribution in [0.4, 0.5) is 34.6 Å². The van der Waals surface area contributed by atoms with Gasteiger partial charge in [0.2, 0.25) is 5.82 Å². The lowest BCUT2D eigenvalue weighted by Crippen LogP contribution is -2.02. The van der Waals surface area contributed by atoms with Crippen molar-refractivity contribution in [3.05, 3.63) is 63.7 Å². The Morgan fingerprint density at radius 3 is 2.35 bits per heavy atom. The zero-order valence-corrected chi connectivity index (χ0v) is 9.66. The summed E-state index contributed by atoms with van der Waals surface area (Å²) in [4.78, 5) is 9.71. The summed E-state index contributed by atoms with van der Waals surface area (Å²) in [5.74, 6) is -5.13. The molecule has 0 aliphatic rings. The predicted molar refractivity (Wildman–Crippen MR) is 62.7 cm³/mol. The van der Waals surface area contributed by atoms with Gasteiger partial charge < -0.3 is 5.32 Å². The molecule has 0 spiro atoms. The van der Waals surface area contributed by atoms with Crippen molar-refractivity contribution in [2.24, 2.45) is 0 Å². The van der Waals surface area contributed by atoms with Gasteiger partial charge in [-0.3, -0.25) is 10.1 Å². The number of hydrogen-bond donors (Lipinski definition) is 1. The maximum Gasteiger partial charge on any atom is 0.327 e. The van der Waals surface area contributed by atoms with Gasteiger partial charge in [0.1, 0.15) is 11.5 Å². The van der Waals surface area contributed by atoms with Gasteiger partial charge in [0, 0.05) is 12.1 Å². The molecule has 0 aliphatic carbocycles. The molecule has 0 aliphatic heterocycles. The second-order valence-corrected chi connectivity index (χ2v) is 3.77. The average Bonchev–Trinajstić information content (AvgIpc) is 2.35. The van der Waals surface area contributed by atoms with Gasteiger partial charge in [0.05, 0.1) is 10.6 Å². The van der Waals surface area contributed by atoms with Crippen molar-refractivity contribution in [3.63, 3.8) is 0 Å². The summed E-state index contributed by atoms with van der Waals surface area (Å²) in [6, 6.07) is 3.99. The van der Waals surface area contributed by atoms with Crippen molar-refractivity contribution in [1.29, 1.82) is 0 Å². The number of halogens is 4. The summed E-state index contributed by atoms with van der Waals surface area (Å²) in [6.07, 6.45) is 0. The Labute approximate surface area is 109 Å². The lowest BCUT2D eigenvalue weighted by Gasteiger charge is -2.09. The summed E-state index contributed by atoms with van der Waals surface area (Å²) in [5.41, 5.74) is -2.04. The highest BCUT2D eigenvalue weighted by Crippen LogP contribution is 2.31. The third-order valence-electron chi connectivity index (χ3n) is 2.43. The maximum atomic E-state index is 13.4.